The number of carbonyl (C=O) groups is 1. The molecule has 0 aliphatic heterocycles. The van der Waals surface area contributed by atoms with Crippen LogP contribution >= 0.6 is 0 Å². The molecular formula is C34H60O3Si2. The Morgan fingerprint density at radius 3 is 2.13 bits per heavy atom. The van der Waals surface area contributed by atoms with Crippen molar-refractivity contribution in [3.8, 4) is 0 Å². The average Bonchev–Trinajstić information content (AvgIpc) is 3.15. The maximum atomic E-state index is 11.7. The van der Waals surface area contributed by atoms with Gasteiger partial charge < -0.3 is 13.6 Å². The quantitative estimate of drug-likeness (QED) is 0.225. The summed E-state index contributed by atoms with van der Waals surface area (Å²) in [5.74, 6) is 1.24. The van der Waals surface area contributed by atoms with Crippen LogP contribution in [0.5, 0.6) is 0 Å². The highest BCUT2D eigenvalue weighted by Gasteiger charge is 2.51. The zero-order valence-corrected chi connectivity index (χ0v) is 29.5. The fraction of sp³-hybridized carbons (Fsp3) is 0.794. The molecule has 3 saturated carbocycles. The molecule has 3 aliphatic rings. The molecule has 0 spiro atoms. The smallest absolute Gasteiger partial charge is 0.192 e. The van der Waals surface area contributed by atoms with Crippen LogP contribution in [0.3, 0.4) is 0 Å². The van der Waals surface area contributed by atoms with Crippen LogP contribution in [0.4, 0.5) is 0 Å². The average molecular weight is 573 g/mol. The van der Waals surface area contributed by atoms with Gasteiger partial charge in [0.25, 0.3) is 0 Å². The molecule has 3 rings (SSSR count). The fourth-order valence-electron chi connectivity index (χ4n) is 7.00. The molecule has 0 bridgehead atoms. The van der Waals surface area contributed by atoms with E-state index in [-0.39, 0.29) is 33.6 Å². The summed E-state index contributed by atoms with van der Waals surface area (Å²) in [6.45, 7) is 32.6. The molecular weight excluding hydrogens is 513 g/mol. The van der Waals surface area contributed by atoms with E-state index in [4.69, 9.17) is 8.85 Å². The molecule has 6 atom stereocenters. The summed E-state index contributed by atoms with van der Waals surface area (Å²) < 4.78 is 14.0. The number of rotatable bonds is 7. The van der Waals surface area contributed by atoms with Crippen LogP contribution in [0.2, 0.25) is 36.3 Å². The monoisotopic (exact) mass is 572 g/mol. The van der Waals surface area contributed by atoms with Gasteiger partial charge in [-0.1, -0.05) is 79.7 Å². The van der Waals surface area contributed by atoms with Gasteiger partial charge >= 0.3 is 0 Å². The van der Waals surface area contributed by atoms with E-state index in [1.165, 1.54) is 44.0 Å². The van der Waals surface area contributed by atoms with Gasteiger partial charge in [-0.05, 0) is 103 Å². The molecule has 0 saturated heterocycles. The lowest BCUT2D eigenvalue weighted by molar-refractivity contribution is -0.113. The summed E-state index contributed by atoms with van der Waals surface area (Å²) in [5, 5.41) is 0.323. The predicted octanol–water partition coefficient (Wildman–Crippen LogP) is 10.0. The van der Waals surface area contributed by atoms with E-state index >= 15 is 0 Å². The molecule has 0 amide bonds. The van der Waals surface area contributed by atoms with Crippen LogP contribution in [-0.2, 0) is 13.6 Å². The van der Waals surface area contributed by atoms with Crippen LogP contribution in [0.25, 0.3) is 0 Å². The van der Waals surface area contributed by atoms with Gasteiger partial charge in [-0.2, -0.15) is 0 Å². The summed E-state index contributed by atoms with van der Waals surface area (Å²) in [7, 11) is -3.89. The van der Waals surface area contributed by atoms with Gasteiger partial charge in [-0.25, -0.2) is 0 Å². The van der Waals surface area contributed by atoms with Crippen molar-refractivity contribution in [3.05, 3.63) is 35.5 Å². The molecule has 0 aromatic heterocycles. The first kappa shape index (κ1) is 32.8. The van der Waals surface area contributed by atoms with Crippen molar-refractivity contribution < 1.29 is 13.6 Å². The molecule has 222 valence electrons. The lowest BCUT2D eigenvalue weighted by atomic mass is 9.61. The molecule has 5 heteroatoms. The summed E-state index contributed by atoms with van der Waals surface area (Å²) in [6.07, 6.45) is 14.0. The zero-order chi connectivity index (χ0) is 29.6. The maximum Gasteiger partial charge on any atom is 0.192 e. The Labute approximate surface area is 243 Å². The maximum absolute atomic E-state index is 11.7. The zero-order valence-electron chi connectivity index (χ0n) is 27.5. The predicted molar refractivity (Wildman–Crippen MR) is 172 cm³/mol. The number of fused-ring (bicyclic) bond motifs is 1. The first-order chi connectivity index (χ1) is 17.7. The van der Waals surface area contributed by atoms with Crippen molar-refractivity contribution >= 4 is 22.9 Å². The third kappa shape index (κ3) is 6.84. The van der Waals surface area contributed by atoms with Crippen molar-refractivity contribution in [2.75, 3.05) is 0 Å². The normalized spacial score (nSPS) is 33.9. The minimum atomic E-state index is -1.97. The fourth-order valence-corrected chi connectivity index (χ4v) is 9.67. The van der Waals surface area contributed by atoms with Gasteiger partial charge in [0.05, 0.1) is 12.2 Å². The molecule has 39 heavy (non-hydrogen) atoms. The van der Waals surface area contributed by atoms with Crippen LogP contribution in [0, 0.1) is 23.2 Å². The molecule has 0 aromatic carbocycles. The van der Waals surface area contributed by atoms with Crippen LogP contribution in [-0.4, -0.2) is 35.1 Å². The number of aldehydes is 1. The highest BCUT2D eigenvalue weighted by molar-refractivity contribution is 6.74. The number of allylic oxidation sites excluding steroid dienone is 3. The highest BCUT2D eigenvalue weighted by Crippen LogP contribution is 2.59. The van der Waals surface area contributed by atoms with Crippen molar-refractivity contribution in [1.29, 1.82) is 0 Å². The Hall–Kier alpha value is -0.756. The van der Waals surface area contributed by atoms with Crippen molar-refractivity contribution in [3.63, 3.8) is 0 Å². The van der Waals surface area contributed by atoms with E-state index in [2.05, 4.69) is 100 Å². The summed E-state index contributed by atoms with van der Waals surface area (Å²) in [5.41, 5.74) is 4.29. The lowest BCUT2D eigenvalue weighted by Crippen LogP contribution is -2.49. The minimum absolute atomic E-state index is 0.0139. The molecule has 3 fully saturated rings. The molecule has 3 nitrogen and oxygen atoms in total. The van der Waals surface area contributed by atoms with Crippen LogP contribution in [0.15, 0.2) is 35.5 Å². The molecule has 0 heterocycles. The second-order valence-electron chi connectivity index (χ2n) is 16.4. The first-order valence-corrected chi connectivity index (χ1v) is 21.4. The van der Waals surface area contributed by atoms with E-state index in [1.807, 2.05) is 0 Å². The van der Waals surface area contributed by atoms with E-state index in [9.17, 15) is 4.79 Å². The van der Waals surface area contributed by atoms with Gasteiger partial charge in [0, 0.05) is 12.3 Å². The van der Waals surface area contributed by atoms with Gasteiger partial charge in [-0.15, -0.1) is 0 Å². The Kier molecular flexibility index (Phi) is 9.65. The summed E-state index contributed by atoms with van der Waals surface area (Å²) in [4.78, 5) is 11.7. The van der Waals surface area contributed by atoms with E-state index < -0.39 is 16.6 Å². The van der Waals surface area contributed by atoms with Crippen molar-refractivity contribution in [2.45, 2.75) is 149 Å². The van der Waals surface area contributed by atoms with E-state index in [1.54, 1.807) is 5.57 Å². The Morgan fingerprint density at radius 2 is 1.56 bits per heavy atom. The van der Waals surface area contributed by atoms with Gasteiger partial charge in [0.2, 0.25) is 0 Å². The topological polar surface area (TPSA) is 35.5 Å². The van der Waals surface area contributed by atoms with E-state index in [0.717, 1.165) is 18.4 Å². The summed E-state index contributed by atoms with van der Waals surface area (Å²) in [6, 6.07) is 0. The Morgan fingerprint density at radius 1 is 0.974 bits per heavy atom. The van der Waals surface area contributed by atoms with Crippen molar-refractivity contribution in [1.82, 2.24) is 0 Å². The third-order valence-electron chi connectivity index (χ3n) is 11.6. The first-order valence-electron chi connectivity index (χ1n) is 15.6. The third-order valence-corrected chi connectivity index (χ3v) is 20.6. The van der Waals surface area contributed by atoms with Gasteiger partial charge in [0.1, 0.15) is 6.29 Å². The van der Waals surface area contributed by atoms with Gasteiger partial charge in [0.15, 0.2) is 16.6 Å². The minimum Gasteiger partial charge on any atom is -0.413 e. The molecule has 3 aliphatic carbocycles. The standard InChI is InChI=1S/C34H60O3Si2/c1-24(23-35)29-18-19-30-26(15-14-20-34(29,30)9)16-17-27-21-28(36-38(10,11)32(3,4)5)22-31(25(27)2)37-39(12,13)33(6,7)8/h16-17,23-24,28-31H,2,14-15,18-22H2,1,3-13H3/b26-16+,27-17+/t24-,28+,29+,30-,31-,34+/m0/s1. The largest absolute Gasteiger partial charge is 0.413 e. The lowest BCUT2D eigenvalue weighted by Gasteiger charge is -2.45. The summed E-state index contributed by atoms with van der Waals surface area (Å²) >= 11 is 0. The van der Waals surface area contributed by atoms with Crippen molar-refractivity contribution in [2.24, 2.45) is 23.2 Å². The molecule has 0 N–H and O–H groups in total. The molecule has 0 radical (unpaired) electrons. The number of hydrogen-bond acceptors (Lipinski definition) is 3. The second kappa shape index (κ2) is 11.5. The second-order valence-corrected chi connectivity index (χ2v) is 25.9. The van der Waals surface area contributed by atoms with Gasteiger partial charge in [-0.3, -0.25) is 0 Å². The molecule has 0 aromatic rings. The van der Waals surface area contributed by atoms with Crippen LogP contribution in [0.1, 0.15) is 100 Å². The molecule has 0 unspecified atom stereocenters. The SMILES string of the molecule is C=C1/C(=C/C=C2\CCC[C@]3(C)[C@@H]([C@@H](C)C=O)CC[C@@H]23)C[C@@H](O[Si](C)(C)C(C)(C)C)C[C@@H]1O[Si](C)(C)C(C)(C)C. The van der Waals surface area contributed by atoms with Crippen LogP contribution < -0.4 is 0 Å². The number of hydrogen-bond donors (Lipinski definition) is 0. The number of carbonyl (C=O) groups excluding carboxylic acids is 1. The van der Waals surface area contributed by atoms with E-state index in [0.29, 0.717) is 11.8 Å². The Bertz CT molecular complexity index is 977. The highest BCUT2D eigenvalue weighted by atomic mass is 28.4. The Balaban J connectivity index is 1.93.